The third-order valence-corrected chi connectivity index (χ3v) is 5.60. The van der Waals surface area contributed by atoms with E-state index in [1.54, 1.807) is 10.9 Å². The van der Waals surface area contributed by atoms with E-state index in [9.17, 15) is 4.79 Å². The van der Waals surface area contributed by atoms with Crippen LogP contribution in [-0.4, -0.2) is 34.6 Å². The molecule has 1 aliphatic heterocycles. The van der Waals surface area contributed by atoms with E-state index in [1.165, 1.54) is 5.56 Å². The van der Waals surface area contributed by atoms with Crippen LogP contribution < -0.4 is 10.6 Å². The molecule has 1 aromatic carbocycles. The summed E-state index contributed by atoms with van der Waals surface area (Å²) in [6.45, 7) is 7.57. The first-order valence-corrected chi connectivity index (χ1v) is 9.54. The minimum Gasteiger partial charge on any atom is -0.376 e. The summed E-state index contributed by atoms with van der Waals surface area (Å²) in [4.78, 5) is 12.3. The maximum Gasteiger partial charge on any atom is 0.319 e. The van der Waals surface area contributed by atoms with Gasteiger partial charge in [0.1, 0.15) is 0 Å². The number of carbonyl (C=O) groups is 1. The molecule has 1 aromatic heterocycles. The number of hydrogen-bond donors (Lipinski definition) is 2. The van der Waals surface area contributed by atoms with Crippen LogP contribution in [0.5, 0.6) is 0 Å². The summed E-state index contributed by atoms with van der Waals surface area (Å²) in [6.07, 6.45) is 4.45. The highest BCUT2D eigenvalue weighted by Gasteiger charge is 2.41. The van der Waals surface area contributed by atoms with Crippen LogP contribution in [0.2, 0.25) is 0 Å². The molecule has 3 rings (SSSR count). The van der Waals surface area contributed by atoms with E-state index in [4.69, 9.17) is 4.74 Å². The molecule has 6 nitrogen and oxygen atoms in total. The van der Waals surface area contributed by atoms with Crippen LogP contribution in [0, 0.1) is 6.92 Å². The fraction of sp³-hybridized carbons (Fsp3) is 0.524. The van der Waals surface area contributed by atoms with Crippen molar-refractivity contribution in [2.24, 2.45) is 7.05 Å². The van der Waals surface area contributed by atoms with E-state index in [1.807, 2.05) is 20.0 Å². The monoisotopic (exact) mass is 370 g/mol. The molecule has 6 heteroatoms. The van der Waals surface area contributed by atoms with Crippen LogP contribution in [0.3, 0.4) is 0 Å². The summed E-state index contributed by atoms with van der Waals surface area (Å²) in [5.41, 5.74) is 2.84. The van der Waals surface area contributed by atoms with Crippen molar-refractivity contribution in [2.75, 3.05) is 18.5 Å². The molecule has 27 heavy (non-hydrogen) atoms. The molecule has 1 atom stereocenters. The van der Waals surface area contributed by atoms with Gasteiger partial charge in [-0.2, -0.15) is 5.10 Å². The number of amides is 2. The Bertz CT molecular complexity index is 785. The lowest BCUT2D eigenvalue weighted by Gasteiger charge is -2.45. The van der Waals surface area contributed by atoms with Gasteiger partial charge in [-0.15, -0.1) is 0 Å². The van der Waals surface area contributed by atoms with E-state index in [0.29, 0.717) is 6.54 Å². The summed E-state index contributed by atoms with van der Waals surface area (Å²) in [5.74, 6) is 0. The van der Waals surface area contributed by atoms with Crippen molar-refractivity contribution in [3.05, 3.63) is 47.8 Å². The van der Waals surface area contributed by atoms with E-state index >= 15 is 0 Å². The highest BCUT2D eigenvalue weighted by Crippen LogP contribution is 2.43. The summed E-state index contributed by atoms with van der Waals surface area (Å²) >= 11 is 0. The molecule has 0 aliphatic carbocycles. The smallest absolute Gasteiger partial charge is 0.319 e. The van der Waals surface area contributed by atoms with Gasteiger partial charge in [-0.3, -0.25) is 4.68 Å². The van der Waals surface area contributed by atoms with Crippen molar-refractivity contribution in [3.8, 4) is 0 Å². The molecular weight excluding hydrogens is 340 g/mol. The highest BCUT2D eigenvalue weighted by molar-refractivity contribution is 5.89. The number of nitrogens with one attached hydrogen (secondary N) is 2. The summed E-state index contributed by atoms with van der Waals surface area (Å²) in [7, 11) is 1.86. The van der Waals surface area contributed by atoms with Gasteiger partial charge >= 0.3 is 6.03 Å². The van der Waals surface area contributed by atoms with Gasteiger partial charge in [0.15, 0.2) is 0 Å². The quantitative estimate of drug-likeness (QED) is 0.842. The molecule has 0 saturated carbocycles. The Morgan fingerprint density at radius 1 is 1.30 bits per heavy atom. The van der Waals surface area contributed by atoms with Gasteiger partial charge in [0, 0.05) is 25.6 Å². The topological polar surface area (TPSA) is 68.2 Å². The Morgan fingerprint density at radius 3 is 2.67 bits per heavy atom. The number of aryl methyl sites for hydroxylation is 1. The molecule has 2 amide bonds. The van der Waals surface area contributed by atoms with E-state index < -0.39 is 0 Å². The standard InChI is InChI=1S/C21H30N4O2/c1-16-18(14-23-25(16)4)24-19(26)22-12-10-21(17-8-6-5-7-9-17)11-13-27-20(2,3)15-21/h5-9,14H,10-13,15H2,1-4H3,(H2,22,24,26)/t21-/m1/s1. The first-order valence-electron chi connectivity index (χ1n) is 9.54. The molecular formula is C21H30N4O2. The van der Waals surface area contributed by atoms with Gasteiger partial charge in [0.2, 0.25) is 0 Å². The van der Waals surface area contributed by atoms with Gasteiger partial charge in [-0.05, 0) is 45.6 Å². The van der Waals surface area contributed by atoms with Gasteiger partial charge in [-0.1, -0.05) is 30.3 Å². The zero-order chi connectivity index (χ0) is 19.5. The number of carbonyl (C=O) groups excluding carboxylic acids is 1. The number of anilines is 1. The number of benzene rings is 1. The zero-order valence-electron chi connectivity index (χ0n) is 16.7. The molecule has 2 N–H and O–H groups in total. The normalized spacial score (nSPS) is 21.6. The van der Waals surface area contributed by atoms with Crippen molar-refractivity contribution in [3.63, 3.8) is 0 Å². The second-order valence-electron chi connectivity index (χ2n) is 8.08. The molecule has 0 unspecified atom stereocenters. The largest absolute Gasteiger partial charge is 0.376 e. The molecule has 2 heterocycles. The predicted octanol–water partition coefficient (Wildman–Crippen LogP) is 3.77. The van der Waals surface area contributed by atoms with Crippen LogP contribution in [0.4, 0.5) is 10.5 Å². The zero-order valence-corrected chi connectivity index (χ0v) is 16.7. The molecule has 2 aromatic rings. The van der Waals surface area contributed by atoms with E-state index in [0.717, 1.165) is 37.3 Å². The third-order valence-electron chi connectivity index (χ3n) is 5.60. The fourth-order valence-electron chi connectivity index (χ4n) is 4.08. The molecule has 0 spiro atoms. The minimum absolute atomic E-state index is 0.0144. The average molecular weight is 370 g/mol. The Morgan fingerprint density at radius 2 is 2.04 bits per heavy atom. The number of urea groups is 1. The lowest BCUT2D eigenvalue weighted by Crippen LogP contribution is -2.46. The summed E-state index contributed by atoms with van der Waals surface area (Å²) in [6, 6.07) is 10.4. The molecule has 146 valence electrons. The lowest BCUT2D eigenvalue weighted by atomic mass is 9.67. The Balaban J connectivity index is 1.65. The highest BCUT2D eigenvalue weighted by atomic mass is 16.5. The molecule has 0 bridgehead atoms. The van der Waals surface area contributed by atoms with E-state index in [2.05, 4.69) is 53.8 Å². The molecule has 1 saturated heterocycles. The van der Waals surface area contributed by atoms with Crippen LogP contribution in [0.1, 0.15) is 44.4 Å². The Labute approximate surface area is 161 Å². The average Bonchev–Trinajstić information content (AvgIpc) is 2.94. The predicted molar refractivity (Wildman–Crippen MR) is 107 cm³/mol. The Hall–Kier alpha value is -2.34. The lowest BCUT2D eigenvalue weighted by molar-refractivity contribution is -0.0838. The number of nitrogens with zero attached hydrogens (tertiary/aromatic N) is 2. The maximum absolute atomic E-state index is 12.3. The van der Waals surface area contributed by atoms with Crippen LogP contribution in [0.15, 0.2) is 36.5 Å². The number of ether oxygens (including phenoxy) is 1. The van der Waals surface area contributed by atoms with Gasteiger partial charge < -0.3 is 15.4 Å². The third kappa shape index (κ3) is 4.50. The Kier molecular flexibility index (Phi) is 5.56. The van der Waals surface area contributed by atoms with Gasteiger partial charge in [-0.25, -0.2) is 4.79 Å². The van der Waals surface area contributed by atoms with Gasteiger partial charge in [0.05, 0.1) is 23.2 Å². The van der Waals surface area contributed by atoms with Crippen molar-refractivity contribution < 1.29 is 9.53 Å². The van der Waals surface area contributed by atoms with Crippen molar-refractivity contribution >= 4 is 11.7 Å². The first-order chi connectivity index (χ1) is 12.8. The number of aromatic nitrogens is 2. The van der Waals surface area contributed by atoms with Crippen molar-refractivity contribution in [1.82, 2.24) is 15.1 Å². The van der Waals surface area contributed by atoms with Crippen molar-refractivity contribution in [1.29, 1.82) is 0 Å². The minimum atomic E-state index is -0.194. The summed E-state index contributed by atoms with van der Waals surface area (Å²) in [5, 5.41) is 10.0. The van der Waals surface area contributed by atoms with Crippen LogP contribution in [-0.2, 0) is 17.2 Å². The second-order valence-corrected chi connectivity index (χ2v) is 8.08. The first kappa shape index (κ1) is 19.4. The SMILES string of the molecule is Cc1c(NC(=O)NCC[C@@]2(c3ccccc3)CCOC(C)(C)C2)cnn1C. The summed E-state index contributed by atoms with van der Waals surface area (Å²) < 4.78 is 7.70. The van der Waals surface area contributed by atoms with Crippen LogP contribution >= 0.6 is 0 Å². The van der Waals surface area contributed by atoms with Gasteiger partial charge in [0.25, 0.3) is 0 Å². The molecule has 0 radical (unpaired) electrons. The van der Waals surface area contributed by atoms with E-state index in [-0.39, 0.29) is 17.0 Å². The van der Waals surface area contributed by atoms with Crippen LogP contribution in [0.25, 0.3) is 0 Å². The molecule has 1 aliphatic rings. The van der Waals surface area contributed by atoms with Crippen molar-refractivity contribution in [2.45, 2.75) is 51.0 Å². The molecule has 1 fully saturated rings. The number of hydrogen-bond acceptors (Lipinski definition) is 3. The second kappa shape index (κ2) is 7.72. The number of rotatable bonds is 5. The maximum atomic E-state index is 12.3. The fourth-order valence-corrected chi connectivity index (χ4v) is 4.08.